The van der Waals surface area contributed by atoms with Crippen molar-refractivity contribution in [3.8, 4) is 50.2 Å². The van der Waals surface area contributed by atoms with Gasteiger partial charge in [0.25, 0.3) is 0 Å². The van der Waals surface area contributed by atoms with Crippen molar-refractivity contribution in [3.05, 3.63) is 265 Å². The van der Waals surface area contributed by atoms with Crippen LogP contribution in [0.2, 0.25) is 0 Å². The van der Waals surface area contributed by atoms with Crippen molar-refractivity contribution in [2.24, 2.45) is 0 Å². The highest BCUT2D eigenvalue weighted by Gasteiger charge is 2.51. The molecule has 0 fully saturated rings. The van der Waals surface area contributed by atoms with Gasteiger partial charge in [0, 0.05) is 33.5 Å². The summed E-state index contributed by atoms with van der Waals surface area (Å²) in [5.74, 6) is 0. The van der Waals surface area contributed by atoms with Crippen LogP contribution in [0.15, 0.2) is 243 Å². The van der Waals surface area contributed by atoms with Crippen molar-refractivity contribution in [3.63, 3.8) is 0 Å². The number of hydrogen-bond acceptors (Lipinski definition) is 1. The zero-order valence-corrected chi connectivity index (χ0v) is 34.5. The van der Waals surface area contributed by atoms with Gasteiger partial charge in [-0.25, -0.2) is 0 Å². The molecule has 0 N–H and O–H groups in total. The minimum absolute atomic E-state index is 0.438. The molecule has 1 heterocycles. The molecule has 0 saturated heterocycles. The predicted molar refractivity (Wildman–Crippen MR) is 263 cm³/mol. The van der Waals surface area contributed by atoms with Crippen molar-refractivity contribution in [2.45, 2.75) is 5.41 Å². The third kappa shape index (κ3) is 5.25. The molecule has 2 aliphatic carbocycles. The number of aromatic nitrogens is 1. The van der Waals surface area contributed by atoms with Crippen LogP contribution in [-0.4, -0.2) is 4.57 Å². The van der Waals surface area contributed by atoms with E-state index in [1.165, 1.54) is 83.0 Å². The van der Waals surface area contributed by atoms with E-state index in [1.54, 1.807) is 0 Å². The van der Waals surface area contributed by atoms with Gasteiger partial charge in [-0.2, -0.15) is 0 Å². The topological polar surface area (TPSA) is 8.17 Å². The average molecular weight is 801 g/mol. The molecule has 2 aliphatic rings. The summed E-state index contributed by atoms with van der Waals surface area (Å²) in [5, 5.41) is 2.50. The number of hydrogen-bond donors (Lipinski definition) is 0. The zero-order chi connectivity index (χ0) is 41.5. The Morgan fingerprint density at radius 2 is 0.778 bits per heavy atom. The van der Waals surface area contributed by atoms with Gasteiger partial charge >= 0.3 is 0 Å². The summed E-state index contributed by atoms with van der Waals surface area (Å²) in [6.45, 7) is 0. The number of nitrogens with zero attached hydrogens (tertiary/aromatic N) is 2. The van der Waals surface area contributed by atoms with E-state index in [0.717, 1.165) is 28.3 Å². The Balaban J connectivity index is 1.01. The lowest BCUT2D eigenvalue weighted by atomic mass is 9.70. The van der Waals surface area contributed by atoms with Gasteiger partial charge in [-0.3, -0.25) is 0 Å². The fraction of sp³-hybridized carbons (Fsp3) is 0.0164. The first-order chi connectivity index (χ1) is 31.3. The lowest BCUT2D eigenvalue weighted by Crippen LogP contribution is -2.26. The minimum Gasteiger partial charge on any atom is -0.310 e. The Kier molecular flexibility index (Phi) is 7.85. The van der Waals surface area contributed by atoms with Crippen molar-refractivity contribution in [1.29, 1.82) is 0 Å². The summed E-state index contributed by atoms with van der Waals surface area (Å²) in [7, 11) is 0. The number of anilines is 3. The van der Waals surface area contributed by atoms with Crippen molar-refractivity contribution < 1.29 is 0 Å². The third-order valence-corrected chi connectivity index (χ3v) is 13.6. The molecule has 10 aromatic carbocycles. The van der Waals surface area contributed by atoms with Gasteiger partial charge in [-0.1, -0.05) is 182 Å². The van der Waals surface area contributed by atoms with Gasteiger partial charge in [0.05, 0.1) is 16.4 Å². The fourth-order valence-electron chi connectivity index (χ4n) is 10.9. The van der Waals surface area contributed by atoms with E-state index in [0.29, 0.717) is 0 Å². The molecule has 0 aliphatic heterocycles. The maximum absolute atomic E-state index is 2.48. The maximum atomic E-state index is 2.48. The Labute approximate surface area is 367 Å². The van der Waals surface area contributed by atoms with E-state index >= 15 is 0 Å². The van der Waals surface area contributed by atoms with Crippen LogP contribution in [0.25, 0.3) is 72.0 Å². The number of fused-ring (bicyclic) bond motifs is 13. The van der Waals surface area contributed by atoms with Crippen LogP contribution in [-0.2, 0) is 5.41 Å². The van der Waals surface area contributed by atoms with Gasteiger partial charge in [-0.05, 0) is 127 Å². The molecule has 0 unspecified atom stereocenters. The Bertz CT molecular complexity index is 3500. The highest BCUT2D eigenvalue weighted by molar-refractivity contribution is 6.10. The molecule has 11 aromatic rings. The standard InChI is InChI=1S/C61H40N2/c1-3-16-41(17-4-1)42-30-33-46(34-31-42)62(47-21-15-18-43(38-47)44-32-36-54-53-25-10-14-29-59(53)63(60(54)39-44)45-19-5-2-6-20-45)48-35-37-52-51-24-9-13-28-57(51)61(58(52)40-48)55-26-11-7-22-49(55)50-23-8-12-27-56(50)61/h1-40H. The van der Waals surface area contributed by atoms with Crippen molar-refractivity contribution in [1.82, 2.24) is 4.57 Å². The first-order valence-corrected chi connectivity index (χ1v) is 21.8. The van der Waals surface area contributed by atoms with Crippen LogP contribution in [0, 0.1) is 0 Å². The molecule has 2 nitrogen and oxygen atoms in total. The molecule has 0 bridgehead atoms. The molecular weight excluding hydrogens is 761 g/mol. The first-order valence-electron chi connectivity index (χ1n) is 21.8. The lowest BCUT2D eigenvalue weighted by Gasteiger charge is -2.32. The summed E-state index contributed by atoms with van der Waals surface area (Å²) >= 11 is 0. The summed E-state index contributed by atoms with van der Waals surface area (Å²) in [6.07, 6.45) is 0. The lowest BCUT2D eigenvalue weighted by molar-refractivity contribution is 0.793. The SMILES string of the molecule is c1ccc(-c2ccc(N(c3cccc(-c4ccc5c6ccccc6n(-c6ccccc6)c5c4)c3)c3ccc4c(c3)C3(c5ccccc5-c5ccccc53)c3ccccc3-4)cc2)cc1. The normalized spacial score (nSPS) is 12.9. The second kappa shape index (κ2) is 13.9. The molecule has 1 aromatic heterocycles. The van der Waals surface area contributed by atoms with E-state index < -0.39 is 5.41 Å². The number of benzene rings is 10. The molecular formula is C61H40N2. The van der Waals surface area contributed by atoms with Crippen LogP contribution in [0.1, 0.15) is 22.3 Å². The third-order valence-electron chi connectivity index (χ3n) is 13.6. The maximum Gasteiger partial charge on any atom is 0.0726 e. The summed E-state index contributed by atoms with van der Waals surface area (Å²) in [6, 6.07) is 89.5. The predicted octanol–water partition coefficient (Wildman–Crippen LogP) is 15.9. The van der Waals surface area contributed by atoms with Crippen molar-refractivity contribution >= 4 is 38.9 Å². The van der Waals surface area contributed by atoms with E-state index in [9.17, 15) is 0 Å². The van der Waals surface area contributed by atoms with E-state index in [-0.39, 0.29) is 0 Å². The molecule has 294 valence electrons. The Morgan fingerprint density at radius 1 is 0.286 bits per heavy atom. The summed E-state index contributed by atoms with van der Waals surface area (Å²) < 4.78 is 2.40. The molecule has 1 spiro atoms. The molecule has 0 radical (unpaired) electrons. The van der Waals surface area contributed by atoms with Gasteiger partial charge in [0.15, 0.2) is 0 Å². The van der Waals surface area contributed by atoms with Gasteiger partial charge in [0.2, 0.25) is 0 Å². The molecule has 0 saturated carbocycles. The van der Waals surface area contributed by atoms with Crippen LogP contribution in [0.5, 0.6) is 0 Å². The smallest absolute Gasteiger partial charge is 0.0726 e. The summed E-state index contributed by atoms with van der Waals surface area (Å²) in [4.78, 5) is 2.45. The van der Waals surface area contributed by atoms with E-state index in [2.05, 4.69) is 252 Å². The van der Waals surface area contributed by atoms with Crippen LogP contribution >= 0.6 is 0 Å². The zero-order valence-electron chi connectivity index (χ0n) is 34.5. The average Bonchev–Trinajstić information content (AvgIpc) is 3.96. The number of rotatable bonds is 6. The second-order valence-electron chi connectivity index (χ2n) is 16.8. The van der Waals surface area contributed by atoms with Gasteiger partial charge < -0.3 is 9.47 Å². The van der Waals surface area contributed by atoms with E-state index in [1.807, 2.05) is 0 Å². The molecule has 0 amide bonds. The van der Waals surface area contributed by atoms with Crippen molar-refractivity contribution in [2.75, 3.05) is 4.90 Å². The number of para-hydroxylation sites is 2. The second-order valence-corrected chi connectivity index (χ2v) is 16.8. The van der Waals surface area contributed by atoms with E-state index in [4.69, 9.17) is 0 Å². The summed E-state index contributed by atoms with van der Waals surface area (Å²) in [5.41, 5.74) is 21.7. The largest absolute Gasteiger partial charge is 0.310 e. The highest BCUT2D eigenvalue weighted by Crippen LogP contribution is 2.63. The first kappa shape index (κ1) is 35.5. The van der Waals surface area contributed by atoms with Gasteiger partial charge in [-0.15, -0.1) is 0 Å². The van der Waals surface area contributed by atoms with Crippen LogP contribution < -0.4 is 4.90 Å². The van der Waals surface area contributed by atoms with Crippen LogP contribution in [0.3, 0.4) is 0 Å². The minimum atomic E-state index is -0.438. The van der Waals surface area contributed by atoms with Crippen LogP contribution in [0.4, 0.5) is 17.1 Å². The quantitative estimate of drug-likeness (QED) is 0.163. The van der Waals surface area contributed by atoms with Gasteiger partial charge in [0.1, 0.15) is 0 Å². The molecule has 0 atom stereocenters. The monoisotopic (exact) mass is 800 g/mol. The highest BCUT2D eigenvalue weighted by atomic mass is 15.1. The molecule has 13 rings (SSSR count). The molecule has 2 heteroatoms. The fourth-order valence-corrected chi connectivity index (χ4v) is 10.9. The Morgan fingerprint density at radius 3 is 1.48 bits per heavy atom. The molecule has 63 heavy (non-hydrogen) atoms. The Hall–Kier alpha value is -8.20.